The first-order valence-corrected chi connectivity index (χ1v) is 9.82. The van der Waals surface area contributed by atoms with Gasteiger partial charge in [0.1, 0.15) is 6.61 Å². The van der Waals surface area contributed by atoms with Gasteiger partial charge in [0.2, 0.25) is 0 Å². The van der Waals surface area contributed by atoms with Gasteiger partial charge >= 0.3 is 6.09 Å². The Balaban J connectivity index is 1.35. The lowest BCUT2D eigenvalue weighted by molar-refractivity contribution is 0.144. The van der Waals surface area contributed by atoms with Crippen molar-refractivity contribution < 1.29 is 9.53 Å². The highest BCUT2D eigenvalue weighted by Gasteiger charge is 2.28. The Bertz CT molecular complexity index is 1170. The molecular formula is C25H17ClN2O2. The molecule has 30 heavy (non-hydrogen) atoms. The summed E-state index contributed by atoms with van der Waals surface area (Å²) >= 11 is 6.09. The van der Waals surface area contributed by atoms with Gasteiger partial charge in [-0.05, 0) is 40.5 Å². The van der Waals surface area contributed by atoms with E-state index in [-0.39, 0.29) is 19.1 Å². The molecule has 0 heterocycles. The SMILES string of the molecule is N#Cc1ccc(C#CCNC(=O)OCC2c3ccccc3-c3ccccc32)c(Cl)c1. The zero-order chi connectivity index (χ0) is 20.9. The average molecular weight is 413 g/mol. The minimum atomic E-state index is -0.517. The standard InChI is InChI=1S/C25H17ClN2O2/c26-24-14-17(15-27)11-12-18(24)6-5-13-28-25(29)30-16-23-21-9-3-1-7-19(21)20-8-2-4-10-22(20)23/h1-4,7-12,14,23H,13,16H2,(H,28,29). The molecule has 1 aliphatic carbocycles. The first-order chi connectivity index (χ1) is 14.7. The summed E-state index contributed by atoms with van der Waals surface area (Å²) in [5, 5.41) is 11.9. The van der Waals surface area contributed by atoms with E-state index in [1.54, 1.807) is 18.2 Å². The fourth-order valence-corrected chi connectivity index (χ4v) is 3.82. The maximum Gasteiger partial charge on any atom is 0.407 e. The fourth-order valence-electron chi connectivity index (χ4n) is 3.59. The largest absolute Gasteiger partial charge is 0.449 e. The van der Waals surface area contributed by atoms with E-state index in [0.29, 0.717) is 16.1 Å². The molecular weight excluding hydrogens is 396 g/mol. The van der Waals surface area contributed by atoms with Crippen molar-refractivity contribution in [3.63, 3.8) is 0 Å². The smallest absolute Gasteiger partial charge is 0.407 e. The van der Waals surface area contributed by atoms with E-state index in [1.807, 2.05) is 30.3 Å². The van der Waals surface area contributed by atoms with Crippen LogP contribution < -0.4 is 5.32 Å². The second-order valence-electron chi connectivity index (χ2n) is 6.79. The topological polar surface area (TPSA) is 62.1 Å². The van der Waals surface area contributed by atoms with Crippen LogP contribution in [0, 0.1) is 23.2 Å². The number of nitriles is 1. The lowest BCUT2D eigenvalue weighted by Gasteiger charge is -2.14. The molecule has 0 saturated carbocycles. The van der Waals surface area contributed by atoms with Gasteiger partial charge in [-0.15, -0.1) is 0 Å². The third kappa shape index (κ3) is 4.01. The maximum atomic E-state index is 12.1. The molecule has 4 rings (SSSR count). The Hall–Kier alpha value is -3.73. The zero-order valence-corrected chi connectivity index (χ0v) is 16.7. The van der Waals surface area contributed by atoms with Gasteiger partial charge in [-0.3, -0.25) is 0 Å². The summed E-state index contributed by atoms with van der Waals surface area (Å²) in [6, 6.07) is 23.3. The third-order valence-electron chi connectivity index (χ3n) is 4.99. The molecule has 1 amide bonds. The molecule has 3 aromatic carbocycles. The summed E-state index contributed by atoms with van der Waals surface area (Å²) in [5.41, 5.74) is 5.79. The summed E-state index contributed by atoms with van der Waals surface area (Å²) in [7, 11) is 0. The maximum absolute atomic E-state index is 12.1. The number of ether oxygens (including phenoxy) is 1. The molecule has 0 unspecified atom stereocenters. The second kappa shape index (κ2) is 8.74. The van der Waals surface area contributed by atoms with Crippen LogP contribution in [0.3, 0.4) is 0 Å². The van der Waals surface area contributed by atoms with Gasteiger partial charge in [0.05, 0.1) is 23.2 Å². The van der Waals surface area contributed by atoms with Crippen molar-refractivity contribution in [1.82, 2.24) is 5.32 Å². The van der Waals surface area contributed by atoms with E-state index in [1.165, 1.54) is 22.3 Å². The van der Waals surface area contributed by atoms with Crippen LogP contribution >= 0.6 is 11.6 Å². The van der Waals surface area contributed by atoms with Crippen LogP contribution in [0.4, 0.5) is 4.79 Å². The van der Waals surface area contributed by atoms with Crippen molar-refractivity contribution >= 4 is 17.7 Å². The summed E-state index contributed by atoms with van der Waals surface area (Å²) < 4.78 is 5.47. The lowest BCUT2D eigenvalue weighted by atomic mass is 9.98. The van der Waals surface area contributed by atoms with Crippen molar-refractivity contribution in [3.8, 4) is 29.0 Å². The van der Waals surface area contributed by atoms with E-state index in [2.05, 4.69) is 41.4 Å². The molecule has 0 aromatic heterocycles. The quantitative estimate of drug-likeness (QED) is 0.608. The highest BCUT2D eigenvalue weighted by molar-refractivity contribution is 6.31. The van der Waals surface area contributed by atoms with Crippen molar-refractivity contribution in [2.24, 2.45) is 0 Å². The molecule has 1 N–H and O–H groups in total. The molecule has 146 valence electrons. The number of hydrogen-bond donors (Lipinski definition) is 1. The van der Waals surface area contributed by atoms with Crippen molar-refractivity contribution in [2.45, 2.75) is 5.92 Å². The van der Waals surface area contributed by atoms with Crippen LogP contribution in [-0.4, -0.2) is 19.2 Å². The van der Waals surface area contributed by atoms with Crippen molar-refractivity contribution in [1.29, 1.82) is 5.26 Å². The van der Waals surface area contributed by atoms with Crippen LogP contribution in [-0.2, 0) is 4.74 Å². The number of fused-ring (bicyclic) bond motifs is 3. The Labute approximate surface area is 180 Å². The Morgan fingerprint density at radius 1 is 1.03 bits per heavy atom. The number of rotatable bonds is 3. The zero-order valence-electron chi connectivity index (χ0n) is 16.0. The third-order valence-corrected chi connectivity index (χ3v) is 5.30. The number of nitrogens with one attached hydrogen (secondary N) is 1. The summed E-state index contributed by atoms with van der Waals surface area (Å²) in [4.78, 5) is 12.1. The molecule has 1 aliphatic rings. The Morgan fingerprint density at radius 2 is 1.70 bits per heavy atom. The molecule has 0 fully saturated rings. The van der Waals surface area contributed by atoms with Crippen LogP contribution in [0.5, 0.6) is 0 Å². The van der Waals surface area contributed by atoms with Crippen molar-refractivity contribution in [3.05, 3.63) is 94.0 Å². The average Bonchev–Trinajstić information content (AvgIpc) is 3.10. The van der Waals surface area contributed by atoms with Crippen molar-refractivity contribution in [2.75, 3.05) is 13.2 Å². The Kier molecular flexibility index (Phi) is 5.70. The Morgan fingerprint density at radius 3 is 2.33 bits per heavy atom. The first-order valence-electron chi connectivity index (χ1n) is 9.44. The van der Waals surface area contributed by atoms with E-state index < -0.39 is 6.09 Å². The summed E-state index contributed by atoms with van der Waals surface area (Å²) in [6.07, 6.45) is -0.517. The van der Waals surface area contributed by atoms with Crippen LogP contribution in [0.1, 0.15) is 28.2 Å². The molecule has 5 heteroatoms. The van der Waals surface area contributed by atoms with Gasteiger partial charge in [0, 0.05) is 11.5 Å². The number of carbonyl (C=O) groups excluding carboxylic acids is 1. The minimum absolute atomic E-state index is 0.0201. The highest BCUT2D eigenvalue weighted by atomic mass is 35.5. The van der Waals surface area contributed by atoms with Gasteiger partial charge in [0.25, 0.3) is 0 Å². The molecule has 0 spiro atoms. The first kappa shape index (κ1) is 19.6. The fraction of sp³-hybridized carbons (Fsp3) is 0.120. The van der Waals surface area contributed by atoms with Gasteiger partial charge in [-0.1, -0.05) is 72.0 Å². The molecule has 0 atom stereocenters. The number of nitrogens with zero attached hydrogens (tertiary/aromatic N) is 1. The molecule has 4 nitrogen and oxygen atoms in total. The minimum Gasteiger partial charge on any atom is -0.449 e. The van der Waals surface area contributed by atoms with E-state index in [4.69, 9.17) is 21.6 Å². The van der Waals surface area contributed by atoms with Crippen LogP contribution in [0.2, 0.25) is 5.02 Å². The molecule has 3 aromatic rings. The molecule has 0 radical (unpaired) electrons. The van der Waals surface area contributed by atoms with E-state index in [9.17, 15) is 4.79 Å². The predicted octanol–water partition coefficient (Wildman–Crippen LogP) is 5.10. The van der Waals surface area contributed by atoms with Gasteiger partial charge in [-0.2, -0.15) is 5.26 Å². The number of benzene rings is 3. The second-order valence-corrected chi connectivity index (χ2v) is 7.19. The number of amides is 1. The highest BCUT2D eigenvalue weighted by Crippen LogP contribution is 2.44. The molecule has 0 aliphatic heterocycles. The number of halogens is 1. The lowest BCUT2D eigenvalue weighted by Crippen LogP contribution is -2.26. The number of hydrogen-bond acceptors (Lipinski definition) is 3. The summed E-state index contributed by atoms with van der Waals surface area (Å²) in [6.45, 7) is 0.391. The van der Waals surface area contributed by atoms with Gasteiger partial charge in [-0.25, -0.2) is 4.79 Å². The number of alkyl carbamates (subject to hydrolysis) is 1. The van der Waals surface area contributed by atoms with Gasteiger partial charge < -0.3 is 10.1 Å². The predicted molar refractivity (Wildman–Crippen MR) is 116 cm³/mol. The van der Waals surface area contributed by atoms with Crippen LogP contribution in [0.25, 0.3) is 11.1 Å². The van der Waals surface area contributed by atoms with E-state index >= 15 is 0 Å². The molecule has 0 bridgehead atoms. The number of carbonyl (C=O) groups is 1. The molecule has 0 saturated heterocycles. The van der Waals surface area contributed by atoms with E-state index in [0.717, 1.165) is 0 Å². The monoisotopic (exact) mass is 412 g/mol. The van der Waals surface area contributed by atoms with Crippen LogP contribution in [0.15, 0.2) is 66.7 Å². The summed E-state index contributed by atoms with van der Waals surface area (Å²) in [5.74, 6) is 5.74. The van der Waals surface area contributed by atoms with Gasteiger partial charge in [0.15, 0.2) is 0 Å². The normalized spacial score (nSPS) is 11.5.